The summed E-state index contributed by atoms with van der Waals surface area (Å²) in [5.41, 5.74) is 5.56. The number of hydrogen-bond donors (Lipinski definition) is 2. The molecule has 0 bridgehead atoms. The highest BCUT2D eigenvalue weighted by atomic mass is 32.2. The van der Waals surface area contributed by atoms with E-state index in [-0.39, 0.29) is 11.4 Å². The van der Waals surface area contributed by atoms with Crippen LogP contribution >= 0.6 is 11.8 Å². The molecule has 6 heteroatoms. The first-order valence-electron chi connectivity index (χ1n) is 6.13. The molecule has 1 aliphatic carbocycles. The van der Waals surface area contributed by atoms with E-state index in [1.807, 2.05) is 11.8 Å². The number of aromatic nitrogens is 2. The molecular formula is C12H17N3O2S. The average molecular weight is 267 g/mol. The minimum absolute atomic E-state index is 0.0265. The fourth-order valence-electron chi connectivity index (χ4n) is 2.09. The zero-order valence-electron chi connectivity index (χ0n) is 10.1. The van der Waals surface area contributed by atoms with E-state index in [1.54, 1.807) is 0 Å². The lowest BCUT2D eigenvalue weighted by Crippen LogP contribution is -2.10. The van der Waals surface area contributed by atoms with Crippen LogP contribution in [0, 0.1) is 0 Å². The van der Waals surface area contributed by atoms with Crippen molar-refractivity contribution in [3.63, 3.8) is 0 Å². The molecule has 0 amide bonds. The zero-order chi connectivity index (χ0) is 13.0. The number of nitrogens with two attached hydrogens (primary N) is 1. The second-order valence-corrected chi connectivity index (χ2v) is 5.75. The van der Waals surface area contributed by atoms with E-state index >= 15 is 0 Å². The first-order chi connectivity index (χ1) is 8.66. The van der Waals surface area contributed by atoms with Crippen molar-refractivity contribution in [2.75, 3.05) is 5.73 Å². The van der Waals surface area contributed by atoms with E-state index in [2.05, 4.69) is 9.97 Å². The Balaban J connectivity index is 1.93. The Morgan fingerprint density at radius 3 is 2.78 bits per heavy atom. The summed E-state index contributed by atoms with van der Waals surface area (Å²) in [5.74, 6) is 0.290. The minimum atomic E-state index is -1.08. The molecule has 0 aliphatic heterocycles. The summed E-state index contributed by atoms with van der Waals surface area (Å²) in [6.45, 7) is 0. The van der Waals surface area contributed by atoms with Gasteiger partial charge in [-0.1, -0.05) is 19.3 Å². The summed E-state index contributed by atoms with van der Waals surface area (Å²) < 4.78 is 0. The average Bonchev–Trinajstić information content (AvgIpc) is 2.37. The second-order valence-electron chi connectivity index (χ2n) is 4.46. The van der Waals surface area contributed by atoms with Gasteiger partial charge in [0.2, 0.25) is 0 Å². The van der Waals surface area contributed by atoms with Crippen LogP contribution in [0.2, 0.25) is 0 Å². The van der Waals surface area contributed by atoms with Crippen molar-refractivity contribution in [3.8, 4) is 0 Å². The van der Waals surface area contributed by atoms with Gasteiger partial charge in [0, 0.05) is 11.4 Å². The van der Waals surface area contributed by atoms with Crippen LogP contribution in [0.1, 0.15) is 48.3 Å². The molecule has 5 nitrogen and oxygen atoms in total. The van der Waals surface area contributed by atoms with Gasteiger partial charge in [0.15, 0.2) is 0 Å². The maximum absolute atomic E-state index is 10.8. The molecule has 1 aromatic rings. The molecule has 1 heterocycles. The molecular weight excluding hydrogens is 250 g/mol. The number of carboxylic acids is 1. The first-order valence-corrected chi connectivity index (χ1v) is 7.18. The van der Waals surface area contributed by atoms with Crippen LogP contribution < -0.4 is 5.73 Å². The molecule has 0 saturated heterocycles. The van der Waals surface area contributed by atoms with Crippen LogP contribution in [-0.4, -0.2) is 26.3 Å². The van der Waals surface area contributed by atoms with Crippen LogP contribution in [0.4, 0.5) is 5.82 Å². The van der Waals surface area contributed by atoms with Crippen molar-refractivity contribution in [1.82, 2.24) is 9.97 Å². The number of nitrogens with zero attached hydrogens (tertiary/aromatic N) is 2. The third kappa shape index (κ3) is 3.35. The van der Waals surface area contributed by atoms with Crippen LogP contribution in [0.25, 0.3) is 0 Å². The van der Waals surface area contributed by atoms with E-state index in [1.165, 1.54) is 38.3 Å². The second kappa shape index (κ2) is 6.04. The summed E-state index contributed by atoms with van der Waals surface area (Å²) >= 11 is 1.85. The Bertz CT molecular complexity index is 433. The van der Waals surface area contributed by atoms with Crippen molar-refractivity contribution in [2.24, 2.45) is 0 Å². The van der Waals surface area contributed by atoms with Crippen LogP contribution in [0.15, 0.2) is 6.20 Å². The lowest BCUT2D eigenvalue weighted by molar-refractivity contribution is 0.0697. The molecule has 1 fully saturated rings. The van der Waals surface area contributed by atoms with E-state index in [4.69, 9.17) is 10.8 Å². The van der Waals surface area contributed by atoms with E-state index in [0.717, 1.165) is 0 Å². The molecule has 0 aromatic carbocycles. The number of thioether (sulfide) groups is 1. The smallest absolute Gasteiger partial charge is 0.341 e. The number of carboxylic acid groups (broad SMARTS) is 1. The van der Waals surface area contributed by atoms with Gasteiger partial charge in [-0.15, -0.1) is 0 Å². The van der Waals surface area contributed by atoms with Gasteiger partial charge in [-0.05, 0) is 12.8 Å². The van der Waals surface area contributed by atoms with Crippen molar-refractivity contribution < 1.29 is 9.90 Å². The molecule has 18 heavy (non-hydrogen) atoms. The summed E-state index contributed by atoms with van der Waals surface area (Å²) in [6.07, 6.45) is 7.76. The lowest BCUT2D eigenvalue weighted by atomic mass is 10.0. The number of carbonyl (C=O) groups is 1. The van der Waals surface area contributed by atoms with E-state index < -0.39 is 5.97 Å². The Kier molecular flexibility index (Phi) is 4.41. The number of rotatable bonds is 4. The SMILES string of the molecule is Nc1nc(CSC2CCCCC2)ncc1C(=O)O. The fourth-order valence-corrected chi connectivity index (χ4v) is 3.28. The Morgan fingerprint density at radius 2 is 2.17 bits per heavy atom. The summed E-state index contributed by atoms with van der Waals surface area (Å²) in [4.78, 5) is 18.9. The molecule has 1 aromatic heterocycles. The number of hydrogen-bond acceptors (Lipinski definition) is 5. The summed E-state index contributed by atoms with van der Waals surface area (Å²) in [5, 5.41) is 9.51. The zero-order valence-corrected chi connectivity index (χ0v) is 10.9. The third-order valence-corrected chi connectivity index (χ3v) is 4.47. The maximum Gasteiger partial charge on any atom is 0.341 e. The predicted octanol–water partition coefficient (Wildman–Crippen LogP) is 2.32. The highest BCUT2D eigenvalue weighted by molar-refractivity contribution is 7.99. The molecule has 3 N–H and O–H groups in total. The van der Waals surface area contributed by atoms with Crippen LogP contribution in [0.5, 0.6) is 0 Å². The van der Waals surface area contributed by atoms with Crippen molar-refractivity contribution in [3.05, 3.63) is 17.6 Å². The normalized spacial score (nSPS) is 16.7. The van der Waals surface area contributed by atoms with Crippen molar-refractivity contribution in [2.45, 2.75) is 43.1 Å². The molecule has 1 saturated carbocycles. The summed E-state index contributed by atoms with van der Waals surface area (Å²) in [6, 6.07) is 0. The van der Waals surface area contributed by atoms with Crippen molar-refractivity contribution in [1.29, 1.82) is 0 Å². The lowest BCUT2D eigenvalue weighted by Gasteiger charge is -2.20. The Labute approximate surface area is 110 Å². The highest BCUT2D eigenvalue weighted by Gasteiger charge is 2.15. The largest absolute Gasteiger partial charge is 0.477 e. The molecule has 0 spiro atoms. The van der Waals surface area contributed by atoms with E-state index in [9.17, 15) is 4.79 Å². The Hall–Kier alpha value is -1.30. The van der Waals surface area contributed by atoms with Gasteiger partial charge in [-0.25, -0.2) is 14.8 Å². The van der Waals surface area contributed by atoms with Gasteiger partial charge in [0.25, 0.3) is 0 Å². The first kappa shape index (κ1) is 13.1. The molecule has 1 aliphatic rings. The van der Waals surface area contributed by atoms with Gasteiger partial charge in [0.1, 0.15) is 17.2 Å². The fraction of sp³-hybridized carbons (Fsp3) is 0.583. The number of aromatic carboxylic acids is 1. The molecule has 98 valence electrons. The molecule has 0 radical (unpaired) electrons. The topological polar surface area (TPSA) is 89.1 Å². The number of anilines is 1. The van der Waals surface area contributed by atoms with Gasteiger partial charge in [-0.2, -0.15) is 11.8 Å². The van der Waals surface area contributed by atoms with Gasteiger partial charge >= 0.3 is 5.97 Å². The van der Waals surface area contributed by atoms with Crippen molar-refractivity contribution >= 4 is 23.5 Å². The maximum atomic E-state index is 10.8. The van der Waals surface area contributed by atoms with Crippen LogP contribution in [0.3, 0.4) is 0 Å². The third-order valence-electron chi connectivity index (χ3n) is 3.10. The quantitative estimate of drug-likeness (QED) is 0.870. The van der Waals surface area contributed by atoms with Gasteiger partial charge in [-0.3, -0.25) is 0 Å². The Morgan fingerprint density at radius 1 is 1.44 bits per heavy atom. The van der Waals surface area contributed by atoms with Crippen LogP contribution in [-0.2, 0) is 5.75 Å². The van der Waals surface area contributed by atoms with Gasteiger partial charge < -0.3 is 10.8 Å². The summed E-state index contributed by atoms with van der Waals surface area (Å²) in [7, 11) is 0. The molecule has 0 unspecified atom stereocenters. The monoisotopic (exact) mass is 267 g/mol. The minimum Gasteiger partial charge on any atom is -0.477 e. The number of nitrogen functional groups attached to an aromatic ring is 1. The van der Waals surface area contributed by atoms with Gasteiger partial charge in [0.05, 0.1) is 5.75 Å². The standard InChI is InChI=1S/C12H17N3O2S/c13-11-9(12(16)17)6-14-10(15-11)7-18-8-4-2-1-3-5-8/h6,8H,1-5,7H2,(H,16,17)(H2,13,14,15). The molecule has 2 rings (SSSR count). The van der Waals surface area contributed by atoms with E-state index in [0.29, 0.717) is 16.8 Å². The highest BCUT2D eigenvalue weighted by Crippen LogP contribution is 2.29. The predicted molar refractivity (Wildman–Crippen MR) is 71.6 cm³/mol. The molecule has 0 atom stereocenters.